The second-order valence-corrected chi connectivity index (χ2v) is 6.39. The summed E-state index contributed by atoms with van der Waals surface area (Å²) in [4.78, 5) is 43.3. The molecule has 0 spiro atoms. The minimum absolute atomic E-state index is 0.0520. The number of piperidine rings is 1. The van der Waals surface area contributed by atoms with Crippen LogP contribution in [0.5, 0.6) is 0 Å². The molecule has 3 heterocycles. The van der Waals surface area contributed by atoms with Crippen molar-refractivity contribution in [3.05, 3.63) is 28.8 Å². The average Bonchev–Trinajstić information content (AvgIpc) is 2.93. The third-order valence-corrected chi connectivity index (χ3v) is 4.78. The molecule has 1 saturated heterocycles. The number of imidazole rings is 1. The van der Waals surface area contributed by atoms with Gasteiger partial charge in [-0.1, -0.05) is 0 Å². The number of ether oxygens (including phenoxy) is 1. The topological polar surface area (TPSA) is 86.4 Å². The van der Waals surface area contributed by atoms with Gasteiger partial charge in [0.15, 0.2) is 5.65 Å². The highest BCUT2D eigenvalue weighted by Crippen LogP contribution is 2.19. The van der Waals surface area contributed by atoms with E-state index in [1.807, 2.05) is 6.92 Å². The molecule has 0 aromatic carbocycles. The fourth-order valence-corrected chi connectivity index (χ4v) is 3.48. The van der Waals surface area contributed by atoms with Crippen molar-refractivity contribution in [1.29, 1.82) is 0 Å². The number of fused-ring (bicyclic) bond motifs is 1. The van der Waals surface area contributed by atoms with Gasteiger partial charge < -0.3 is 9.64 Å². The minimum atomic E-state index is -0.289. The van der Waals surface area contributed by atoms with Crippen molar-refractivity contribution in [2.24, 2.45) is 5.92 Å². The first-order valence-corrected chi connectivity index (χ1v) is 9.05. The SMILES string of the molecule is CCOC(=O)C1CCCN(C(=O)Cn2c(=O)n(CC)c3ncccc32)C1. The molecule has 8 heteroatoms. The molecule has 8 nitrogen and oxygen atoms in total. The normalized spacial score (nSPS) is 17.5. The fourth-order valence-electron chi connectivity index (χ4n) is 3.48. The van der Waals surface area contributed by atoms with Crippen LogP contribution in [0.3, 0.4) is 0 Å². The Kier molecular flexibility index (Phi) is 5.39. The predicted molar refractivity (Wildman–Crippen MR) is 95.6 cm³/mol. The number of aryl methyl sites for hydroxylation is 1. The van der Waals surface area contributed by atoms with Gasteiger partial charge in [0, 0.05) is 25.8 Å². The summed E-state index contributed by atoms with van der Waals surface area (Å²) in [7, 11) is 0. The number of amides is 1. The first-order chi connectivity index (χ1) is 12.6. The second kappa shape index (κ2) is 7.72. The quantitative estimate of drug-likeness (QED) is 0.743. The third-order valence-electron chi connectivity index (χ3n) is 4.78. The smallest absolute Gasteiger partial charge is 0.330 e. The first kappa shape index (κ1) is 18.2. The van der Waals surface area contributed by atoms with E-state index < -0.39 is 0 Å². The van der Waals surface area contributed by atoms with E-state index in [4.69, 9.17) is 4.74 Å². The molecule has 1 aliphatic heterocycles. The summed E-state index contributed by atoms with van der Waals surface area (Å²) in [5, 5.41) is 0. The maximum atomic E-state index is 12.8. The molecule has 0 bridgehead atoms. The minimum Gasteiger partial charge on any atom is -0.466 e. The van der Waals surface area contributed by atoms with E-state index in [-0.39, 0.29) is 30.0 Å². The van der Waals surface area contributed by atoms with Crippen molar-refractivity contribution in [3.8, 4) is 0 Å². The number of aromatic nitrogens is 3. The number of carbonyl (C=O) groups is 2. The Hall–Kier alpha value is -2.64. The molecule has 1 unspecified atom stereocenters. The van der Waals surface area contributed by atoms with Gasteiger partial charge in [-0.25, -0.2) is 9.78 Å². The molecule has 26 heavy (non-hydrogen) atoms. The number of likely N-dealkylation sites (tertiary alicyclic amines) is 1. The molecule has 0 radical (unpaired) electrons. The van der Waals surface area contributed by atoms with Crippen molar-refractivity contribution in [3.63, 3.8) is 0 Å². The Balaban J connectivity index is 1.80. The highest BCUT2D eigenvalue weighted by molar-refractivity contribution is 5.80. The van der Waals surface area contributed by atoms with Gasteiger partial charge in [0.05, 0.1) is 18.0 Å². The lowest BCUT2D eigenvalue weighted by atomic mass is 9.98. The summed E-state index contributed by atoms with van der Waals surface area (Å²) in [5.74, 6) is -0.711. The first-order valence-electron chi connectivity index (χ1n) is 9.05. The van der Waals surface area contributed by atoms with Gasteiger partial charge in [0.2, 0.25) is 5.91 Å². The van der Waals surface area contributed by atoms with Crippen molar-refractivity contribution in [2.45, 2.75) is 39.8 Å². The Labute approximate surface area is 151 Å². The Bertz CT molecular complexity index is 870. The molecular formula is C18H24N4O4. The fraction of sp³-hybridized carbons (Fsp3) is 0.556. The van der Waals surface area contributed by atoms with E-state index in [0.29, 0.717) is 37.4 Å². The number of carbonyl (C=O) groups excluding carboxylic acids is 2. The number of hydrogen-bond acceptors (Lipinski definition) is 5. The lowest BCUT2D eigenvalue weighted by molar-refractivity contribution is -0.151. The molecule has 0 saturated carbocycles. The molecule has 2 aromatic rings. The number of rotatable bonds is 5. The van der Waals surface area contributed by atoms with Gasteiger partial charge in [0.25, 0.3) is 0 Å². The van der Waals surface area contributed by atoms with E-state index in [1.165, 1.54) is 4.57 Å². The van der Waals surface area contributed by atoms with Crippen molar-refractivity contribution < 1.29 is 14.3 Å². The molecule has 140 valence electrons. The molecule has 1 aliphatic rings. The van der Waals surface area contributed by atoms with Crippen LogP contribution in [0.1, 0.15) is 26.7 Å². The number of hydrogen-bond donors (Lipinski definition) is 0. The summed E-state index contributed by atoms with van der Waals surface area (Å²) in [6.45, 7) is 5.35. The highest BCUT2D eigenvalue weighted by atomic mass is 16.5. The summed E-state index contributed by atoms with van der Waals surface area (Å²) in [6, 6.07) is 3.54. The van der Waals surface area contributed by atoms with Crippen LogP contribution in [0.2, 0.25) is 0 Å². The average molecular weight is 360 g/mol. The van der Waals surface area contributed by atoms with E-state index >= 15 is 0 Å². The molecular weight excluding hydrogens is 336 g/mol. The predicted octanol–water partition coefficient (Wildman–Crippen LogP) is 1.02. The lowest BCUT2D eigenvalue weighted by Crippen LogP contribution is -2.45. The second-order valence-electron chi connectivity index (χ2n) is 6.39. The zero-order valence-corrected chi connectivity index (χ0v) is 15.2. The maximum absolute atomic E-state index is 12.8. The van der Waals surface area contributed by atoms with Crippen LogP contribution in [0.4, 0.5) is 0 Å². The van der Waals surface area contributed by atoms with Gasteiger partial charge in [-0.05, 0) is 38.8 Å². The summed E-state index contributed by atoms with van der Waals surface area (Å²) >= 11 is 0. The van der Waals surface area contributed by atoms with Crippen molar-refractivity contribution in [1.82, 2.24) is 19.0 Å². The molecule has 3 rings (SSSR count). The van der Waals surface area contributed by atoms with Crippen molar-refractivity contribution >= 4 is 23.0 Å². The molecule has 0 aliphatic carbocycles. The van der Waals surface area contributed by atoms with Gasteiger partial charge in [-0.2, -0.15) is 0 Å². The van der Waals surface area contributed by atoms with Gasteiger partial charge in [-0.3, -0.25) is 18.7 Å². The molecule has 1 atom stereocenters. The number of pyridine rings is 1. The number of nitrogens with zero attached hydrogens (tertiary/aromatic N) is 4. The molecule has 0 N–H and O–H groups in total. The molecule has 1 amide bonds. The van der Waals surface area contributed by atoms with E-state index in [0.717, 1.165) is 12.8 Å². The third kappa shape index (κ3) is 3.36. The van der Waals surface area contributed by atoms with Gasteiger partial charge >= 0.3 is 11.7 Å². The zero-order valence-electron chi connectivity index (χ0n) is 15.2. The van der Waals surface area contributed by atoms with Gasteiger partial charge in [-0.15, -0.1) is 0 Å². The Morgan fingerprint density at radius 3 is 2.85 bits per heavy atom. The van der Waals surface area contributed by atoms with Gasteiger partial charge in [0.1, 0.15) is 6.54 Å². The summed E-state index contributed by atoms with van der Waals surface area (Å²) in [6.07, 6.45) is 3.11. The largest absolute Gasteiger partial charge is 0.466 e. The maximum Gasteiger partial charge on any atom is 0.330 e. The van der Waals surface area contributed by atoms with E-state index in [9.17, 15) is 14.4 Å². The standard InChI is InChI=1S/C18H24N4O4/c1-3-21-16-14(8-5-9-19-16)22(18(21)25)12-15(23)20-10-6-7-13(11-20)17(24)26-4-2/h5,8-9,13H,3-4,6-7,10-12H2,1-2H3. The van der Waals surface area contributed by atoms with E-state index in [2.05, 4.69) is 4.98 Å². The van der Waals surface area contributed by atoms with Crippen LogP contribution in [0.15, 0.2) is 23.1 Å². The van der Waals surface area contributed by atoms with Crippen LogP contribution in [0, 0.1) is 5.92 Å². The highest BCUT2D eigenvalue weighted by Gasteiger charge is 2.30. The van der Waals surface area contributed by atoms with Crippen LogP contribution < -0.4 is 5.69 Å². The molecule has 1 fully saturated rings. The van der Waals surface area contributed by atoms with Crippen LogP contribution in [0.25, 0.3) is 11.2 Å². The number of esters is 1. The van der Waals surface area contributed by atoms with E-state index in [1.54, 1.807) is 34.7 Å². The van der Waals surface area contributed by atoms with Crippen LogP contribution >= 0.6 is 0 Å². The Morgan fingerprint density at radius 1 is 1.31 bits per heavy atom. The zero-order chi connectivity index (χ0) is 18.7. The summed E-state index contributed by atoms with van der Waals surface area (Å²) < 4.78 is 8.09. The molecule has 2 aromatic heterocycles. The van der Waals surface area contributed by atoms with Crippen molar-refractivity contribution in [2.75, 3.05) is 19.7 Å². The lowest BCUT2D eigenvalue weighted by Gasteiger charge is -2.31. The monoisotopic (exact) mass is 360 g/mol. The Morgan fingerprint density at radius 2 is 2.12 bits per heavy atom. The van der Waals surface area contributed by atoms with Crippen LogP contribution in [-0.2, 0) is 27.4 Å². The summed E-state index contributed by atoms with van der Waals surface area (Å²) in [5.41, 5.74) is 0.982. The van der Waals surface area contributed by atoms with Crippen LogP contribution in [-0.4, -0.2) is 50.6 Å².